The molecule has 0 aliphatic rings. The molecule has 0 aliphatic heterocycles. The van der Waals surface area contributed by atoms with Gasteiger partial charge in [0.15, 0.2) is 0 Å². The highest BCUT2D eigenvalue weighted by molar-refractivity contribution is 7.85. The molecule has 6 aromatic carbocycles. The molecule has 0 atom stereocenters. The minimum atomic E-state index is -4.35. The molecule has 296 valence electrons. The molecule has 60 heavy (non-hydrogen) atoms. The Morgan fingerprint density at radius 2 is 0.750 bits per heavy atom. The lowest BCUT2D eigenvalue weighted by molar-refractivity contribution is 0.483. The maximum absolute atomic E-state index is 11.7. The van der Waals surface area contributed by atoms with E-state index in [2.05, 4.69) is 41.9 Å². The van der Waals surface area contributed by atoms with Crippen molar-refractivity contribution in [2.75, 3.05) is 31.9 Å². The van der Waals surface area contributed by atoms with Crippen LogP contribution in [0.15, 0.2) is 169 Å². The van der Waals surface area contributed by atoms with Crippen molar-refractivity contribution in [3.8, 4) is 0 Å². The second-order valence-electron chi connectivity index (χ2n) is 13.0. The fourth-order valence-electron chi connectivity index (χ4n) is 5.81. The summed E-state index contributed by atoms with van der Waals surface area (Å²) in [5, 5.41) is 19.9. The number of hydrogen-bond donors (Lipinski definition) is 7. The standard InChI is InChI=1S/C44H36N12O3S/c57-60(58,59)36-28-25-30(26-29-36)24-27-31-14-13-23-37(49-43-53-39(45-32-15-5-1-6-16-32)51-40(54-43)46-33-17-7-2-8-18-33)38(31)50-44-55-41(47-34-19-9-3-10-20-34)52-42(56-44)48-35-21-11-4-12-22-35/h1-29H,(H,57,58,59)(H3,45,46,49,51,53,54)(H3,47,48,50,52,55,56). The van der Waals surface area contributed by atoms with E-state index in [1.54, 1.807) is 12.1 Å². The summed E-state index contributed by atoms with van der Waals surface area (Å²) in [6, 6.07) is 49.7. The Labute approximate surface area is 345 Å². The second kappa shape index (κ2) is 17.9. The van der Waals surface area contributed by atoms with Crippen molar-refractivity contribution >= 4 is 92.1 Å². The van der Waals surface area contributed by atoms with Crippen molar-refractivity contribution in [3.05, 3.63) is 175 Å². The Morgan fingerprint density at radius 1 is 0.383 bits per heavy atom. The molecule has 0 amide bonds. The average Bonchev–Trinajstić information content (AvgIpc) is 3.25. The first-order chi connectivity index (χ1) is 29.3. The molecule has 0 bridgehead atoms. The third-order valence-corrected chi connectivity index (χ3v) is 9.47. The lowest BCUT2D eigenvalue weighted by Gasteiger charge is -2.17. The quantitative estimate of drug-likeness (QED) is 0.0380. The van der Waals surface area contributed by atoms with E-state index in [0.29, 0.717) is 34.4 Å². The SMILES string of the molecule is O=S(=O)(O)c1ccc(C=Cc2cccc(Nc3nc(Nc4ccccc4)nc(Nc4ccccc4)n3)c2Nc2nc(Nc3ccccc3)nc(Nc3ccccc3)n2)cc1. The van der Waals surface area contributed by atoms with Gasteiger partial charge in [-0.2, -0.15) is 38.3 Å². The zero-order chi connectivity index (χ0) is 41.2. The van der Waals surface area contributed by atoms with E-state index in [-0.39, 0.29) is 28.7 Å². The Morgan fingerprint density at radius 3 is 1.13 bits per heavy atom. The normalized spacial score (nSPS) is 11.2. The number of benzene rings is 6. The summed E-state index contributed by atoms with van der Waals surface area (Å²) in [4.78, 5) is 28.0. The topological polar surface area (TPSA) is 204 Å². The monoisotopic (exact) mass is 812 g/mol. The van der Waals surface area contributed by atoms with E-state index in [9.17, 15) is 13.0 Å². The van der Waals surface area contributed by atoms with E-state index in [4.69, 9.17) is 19.9 Å². The second-order valence-corrected chi connectivity index (χ2v) is 14.4. The smallest absolute Gasteiger partial charge is 0.294 e. The predicted octanol–water partition coefficient (Wildman–Crippen LogP) is 9.94. The van der Waals surface area contributed by atoms with E-state index >= 15 is 0 Å². The minimum absolute atomic E-state index is 0.205. The van der Waals surface area contributed by atoms with Crippen molar-refractivity contribution in [1.82, 2.24) is 29.9 Å². The van der Waals surface area contributed by atoms with Crippen LogP contribution >= 0.6 is 0 Å². The molecule has 2 heterocycles. The molecule has 0 fully saturated rings. The third kappa shape index (κ3) is 10.4. The van der Waals surface area contributed by atoms with E-state index in [0.717, 1.165) is 22.7 Å². The van der Waals surface area contributed by atoms with Crippen molar-refractivity contribution in [2.24, 2.45) is 0 Å². The third-order valence-electron chi connectivity index (χ3n) is 8.60. The molecule has 8 rings (SSSR count). The molecular weight excluding hydrogens is 777 g/mol. The first-order valence-electron chi connectivity index (χ1n) is 18.5. The van der Waals surface area contributed by atoms with Gasteiger partial charge in [0, 0.05) is 28.3 Å². The highest BCUT2D eigenvalue weighted by atomic mass is 32.2. The predicted molar refractivity (Wildman–Crippen MR) is 237 cm³/mol. The van der Waals surface area contributed by atoms with Gasteiger partial charge in [0.05, 0.1) is 16.3 Å². The first kappa shape index (κ1) is 38.7. The van der Waals surface area contributed by atoms with Crippen molar-refractivity contribution in [3.63, 3.8) is 0 Å². The molecule has 0 spiro atoms. The number of para-hydroxylation sites is 5. The number of hydrogen-bond acceptors (Lipinski definition) is 14. The fourth-order valence-corrected chi connectivity index (χ4v) is 6.29. The van der Waals surface area contributed by atoms with Crippen LogP contribution in [0.25, 0.3) is 12.2 Å². The number of nitrogens with one attached hydrogen (secondary N) is 6. The summed E-state index contributed by atoms with van der Waals surface area (Å²) >= 11 is 0. The van der Waals surface area contributed by atoms with Gasteiger partial charge < -0.3 is 31.9 Å². The molecule has 7 N–H and O–H groups in total. The summed E-state index contributed by atoms with van der Waals surface area (Å²) in [6.45, 7) is 0. The molecule has 0 unspecified atom stereocenters. The van der Waals surface area contributed by atoms with Crippen LogP contribution < -0.4 is 31.9 Å². The Bertz CT molecular complexity index is 2720. The van der Waals surface area contributed by atoms with Crippen molar-refractivity contribution < 1.29 is 13.0 Å². The molecular formula is C44H36N12O3S. The zero-order valence-electron chi connectivity index (χ0n) is 31.6. The number of aromatic nitrogens is 6. The Kier molecular flexibility index (Phi) is 11.6. The van der Waals surface area contributed by atoms with E-state index in [1.165, 1.54) is 12.1 Å². The maximum atomic E-state index is 11.7. The van der Waals surface area contributed by atoms with Crippen LogP contribution in [0.1, 0.15) is 11.1 Å². The van der Waals surface area contributed by atoms with Gasteiger partial charge in [0.1, 0.15) is 0 Å². The summed E-state index contributed by atoms with van der Waals surface area (Å²) in [7, 11) is -4.35. The lowest BCUT2D eigenvalue weighted by atomic mass is 10.1. The summed E-state index contributed by atoms with van der Waals surface area (Å²) in [5.74, 6) is 1.58. The highest BCUT2D eigenvalue weighted by Gasteiger charge is 2.16. The largest absolute Gasteiger partial charge is 0.324 e. The highest BCUT2D eigenvalue weighted by Crippen LogP contribution is 2.33. The molecule has 16 heteroatoms. The molecule has 15 nitrogen and oxygen atoms in total. The summed E-state index contributed by atoms with van der Waals surface area (Å²) in [6.07, 6.45) is 3.66. The van der Waals surface area contributed by atoms with Gasteiger partial charge in [-0.25, -0.2) is 0 Å². The van der Waals surface area contributed by atoms with E-state index < -0.39 is 10.1 Å². The molecule has 0 aliphatic carbocycles. The zero-order valence-corrected chi connectivity index (χ0v) is 32.4. The van der Waals surface area contributed by atoms with E-state index in [1.807, 2.05) is 152 Å². The fraction of sp³-hybridized carbons (Fsp3) is 0. The van der Waals surface area contributed by atoms with Crippen LogP contribution in [0.3, 0.4) is 0 Å². The van der Waals surface area contributed by atoms with Crippen LogP contribution in [-0.2, 0) is 10.1 Å². The molecule has 8 aromatic rings. The summed E-state index contributed by atoms with van der Waals surface area (Å²) < 4.78 is 32.9. The summed E-state index contributed by atoms with van der Waals surface area (Å²) in [5.41, 5.74) is 5.60. The van der Waals surface area contributed by atoms with Gasteiger partial charge in [-0.3, -0.25) is 4.55 Å². The number of rotatable bonds is 15. The van der Waals surface area contributed by atoms with Crippen molar-refractivity contribution in [1.29, 1.82) is 0 Å². The maximum Gasteiger partial charge on any atom is 0.294 e. The van der Waals surface area contributed by atoms with Gasteiger partial charge in [0.25, 0.3) is 10.1 Å². The van der Waals surface area contributed by atoms with Crippen LogP contribution in [0.4, 0.5) is 69.8 Å². The van der Waals surface area contributed by atoms with Crippen LogP contribution in [0.2, 0.25) is 0 Å². The average molecular weight is 813 g/mol. The van der Waals surface area contributed by atoms with Gasteiger partial charge in [-0.05, 0) is 72.3 Å². The molecule has 0 saturated heterocycles. The number of nitrogens with zero attached hydrogens (tertiary/aromatic N) is 6. The minimum Gasteiger partial charge on any atom is -0.324 e. The Balaban J connectivity index is 1.20. The van der Waals surface area contributed by atoms with Gasteiger partial charge in [-0.15, -0.1) is 0 Å². The van der Waals surface area contributed by atoms with Gasteiger partial charge >= 0.3 is 0 Å². The van der Waals surface area contributed by atoms with Gasteiger partial charge in [-0.1, -0.05) is 109 Å². The molecule has 0 radical (unpaired) electrons. The lowest BCUT2D eigenvalue weighted by Crippen LogP contribution is -2.10. The van der Waals surface area contributed by atoms with Gasteiger partial charge in [0.2, 0.25) is 35.7 Å². The Hall–Kier alpha value is -8.21. The van der Waals surface area contributed by atoms with Crippen LogP contribution in [0, 0.1) is 0 Å². The van der Waals surface area contributed by atoms with Crippen molar-refractivity contribution in [2.45, 2.75) is 4.90 Å². The van der Waals surface area contributed by atoms with Crippen LogP contribution in [0.5, 0.6) is 0 Å². The first-order valence-corrected chi connectivity index (χ1v) is 20.0. The number of anilines is 12. The molecule has 2 aromatic heterocycles. The van der Waals surface area contributed by atoms with Crippen LogP contribution in [-0.4, -0.2) is 42.9 Å². The molecule has 0 saturated carbocycles.